The molecule has 1 aliphatic rings. The van der Waals surface area contributed by atoms with Gasteiger partial charge in [0, 0.05) is 31.1 Å². The molecule has 1 aromatic heterocycles. The van der Waals surface area contributed by atoms with Crippen LogP contribution in [0.15, 0.2) is 83.8 Å². The number of H-pyrrole nitrogens is 1. The molecule has 2 heterocycles. The molecule has 0 saturated carbocycles. The van der Waals surface area contributed by atoms with Crippen LogP contribution >= 0.6 is 0 Å². The molecule has 174 valence electrons. The van der Waals surface area contributed by atoms with E-state index in [2.05, 4.69) is 9.71 Å². The molecule has 1 amide bonds. The number of imidazole rings is 1. The fourth-order valence-electron chi connectivity index (χ4n) is 4.36. The molecule has 1 saturated heterocycles. The summed E-state index contributed by atoms with van der Waals surface area (Å²) in [5.74, 6) is 1.08. The monoisotopic (exact) mass is 474 g/mol. The van der Waals surface area contributed by atoms with Crippen LogP contribution in [0.4, 0.5) is 0 Å². The van der Waals surface area contributed by atoms with E-state index in [-0.39, 0.29) is 23.3 Å². The Hall–Kier alpha value is -3.49. The minimum absolute atomic E-state index is 0.0893. The summed E-state index contributed by atoms with van der Waals surface area (Å²) < 4.78 is 28.2. The van der Waals surface area contributed by atoms with Gasteiger partial charge in [-0.1, -0.05) is 48.5 Å². The fraction of sp³-hybridized carbons (Fsp3) is 0.231. The van der Waals surface area contributed by atoms with Crippen molar-refractivity contribution in [3.63, 3.8) is 0 Å². The minimum atomic E-state index is -3.74. The van der Waals surface area contributed by atoms with Gasteiger partial charge in [0.2, 0.25) is 10.0 Å². The van der Waals surface area contributed by atoms with Crippen LogP contribution in [0.5, 0.6) is 0 Å². The Balaban J connectivity index is 1.24. The van der Waals surface area contributed by atoms with Crippen molar-refractivity contribution in [3.8, 4) is 0 Å². The van der Waals surface area contributed by atoms with Crippen molar-refractivity contribution < 1.29 is 13.2 Å². The van der Waals surface area contributed by atoms with Gasteiger partial charge in [0.1, 0.15) is 5.82 Å². The molecule has 34 heavy (non-hydrogen) atoms. The highest BCUT2D eigenvalue weighted by atomic mass is 32.2. The molecular weight excluding hydrogens is 448 g/mol. The first-order chi connectivity index (χ1) is 16.5. The Morgan fingerprint density at radius 2 is 1.71 bits per heavy atom. The Morgan fingerprint density at radius 1 is 0.971 bits per heavy atom. The first-order valence-electron chi connectivity index (χ1n) is 11.4. The van der Waals surface area contributed by atoms with E-state index in [1.54, 1.807) is 17.0 Å². The van der Waals surface area contributed by atoms with Gasteiger partial charge in [-0.3, -0.25) is 4.79 Å². The molecule has 3 aromatic carbocycles. The number of para-hydroxylation sites is 2. The summed E-state index contributed by atoms with van der Waals surface area (Å²) in [5, 5.41) is 0. The maximum Gasteiger partial charge on any atom is 0.253 e. The number of aromatic amines is 1. The Kier molecular flexibility index (Phi) is 6.17. The average Bonchev–Trinajstić information content (AvgIpc) is 3.32. The third-order valence-corrected chi connectivity index (χ3v) is 7.68. The standard InChI is InChI=1S/C26H26N4O3S/c31-26(30-15-13-20(14-16-30)25-28-23-11-4-5-12-24(23)29-25)21-9-6-10-22(17-21)34(32,33)27-18-19-7-2-1-3-8-19/h1-12,17,20,27H,13-16,18H2,(H,28,29). The van der Waals surface area contributed by atoms with Crippen LogP contribution < -0.4 is 4.72 Å². The number of sulfonamides is 1. The molecule has 0 aliphatic carbocycles. The summed E-state index contributed by atoms with van der Waals surface area (Å²) in [6, 6.07) is 23.5. The Labute approximate surface area is 198 Å². The van der Waals surface area contributed by atoms with Crippen LogP contribution in [0.2, 0.25) is 0 Å². The second kappa shape index (κ2) is 9.40. The number of hydrogen-bond donors (Lipinski definition) is 2. The highest BCUT2D eigenvalue weighted by Crippen LogP contribution is 2.28. The van der Waals surface area contributed by atoms with Crippen molar-refractivity contribution in [1.29, 1.82) is 0 Å². The molecule has 0 spiro atoms. The number of amides is 1. The summed E-state index contributed by atoms with van der Waals surface area (Å²) in [6.45, 7) is 1.39. The first kappa shape index (κ1) is 22.3. The third-order valence-electron chi connectivity index (χ3n) is 6.28. The van der Waals surface area contributed by atoms with Crippen LogP contribution in [0.25, 0.3) is 11.0 Å². The molecule has 0 bridgehead atoms. The van der Waals surface area contributed by atoms with Gasteiger partial charge in [-0.05, 0) is 48.7 Å². The number of fused-ring (bicyclic) bond motifs is 1. The van der Waals surface area contributed by atoms with Gasteiger partial charge < -0.3 is 9.88 Å². The van der Waals surface area contributed by atoms with Crippen LogP contribution in [0.3, 0.4) is 0 Å². The predicted octanol–water partition coefficient (Wildman–Crippen LogP) is 4.06. The number of likely N-dealkylation sites (tertiary alicyclic amines) is 1. The van der Waals surface area contributed by atoms with E-state index in [9.17, 15) is 13.2 Å². The number of carbonyl (C=O) groups excluding carboxylic acids is 1. The molecule has 8 heteroatoms. The summed E-state index contributed by atoms with van der Waals surface area (Å²) in [7, 11) is -3.74. The van der Waals surface area contributed by atoms with Gasteiger partial charge in [0.15, 0.2) is 0 Å². The quantitative estimate of drug-likeness (QED) is 0.441. The molecule has 5 rings (SSSR count). The van der Waals surface area contributed by atoms with Crippen molar-refractivity contribution >= 4 is 27.0 Å². The lowest BCUT2D eigenvalue weighted by Gasteiger charge is -2.31. The van der Waals surface area contributed by atoms with Crippen molar-refractivity contribution in [2.75, 3.05) is 13.1 Å². The molecule has 0 unspecified atom stereocenters. The molecule has 7 nitrogen and oxygen atoms in total. The molecular formula is C26H26N4O3S. The Morgan fingerprint density at radius 3 is 2.47 bits per heavy atom. The van der Waals surface area contributed by atoms with Gasteiger partial charge >= 0.3 is 0 Å². The van der Waals surface area contributed by atoms with Crippen LogP contribution in [0, 0.1) is 0 Å². The van der Waals surface area contributed by atoms with E-state index >= 15 is 0 Å². The molecule has 0 atom stereocenters. The topological polar surface area (TPSA) is 95.2 Å². The van der Waals surface area contributed by atoms with Gasteiger partial charge in [-0.25, -0.2) is 18.1 Å². The zero-order valence-corrected chi connectivity index (χ0v) is 19.5. The second-order valence-electron chi connectivity index (χ2n) is 8.54. The average molecular weight is 475 g/mol. The number of aromatic nitrogens is 2. The molecule has 4 aromatic rings. The number of nitrogens with one attached hydrogen (secondary N) is 2. The van der Waals surface area contributed by atoms with Crippen LogP contribution in [-0.4, -0.2) is 42.3 Å². The SMILES string of the molecule is O=C(c1cccc(S(=O)(=O)NCc2ccccc2)c1)N1CCC(c2nc3ccccc3[nH]2)CC1. The van der Waals surface area contributed by atoms with Crippen molar-refractivity contribution in [1.82, 2.24) is 19.6 Å². The summed E-state index contributed by atoms with van der Waals surface area (Å²) in [4.78, 5) is 23.1. The minimum Gasteiger partial charge on any atom is -0.342 e. The zero-order valence-electron chi connectivity index (χ0n) is 18.6. The summed E-state index contributed by atoms with van der Waals surface area (Å²) in [5.41, 5.74) is 3.22. The molecule has 1 aliphatic heterocycles. The number of rotatable bonds is 6. The maximum atomic E-state index is 13.1. The Bertz CT molecular complexity index is 1380. The second-order valence-corrected chi connectivity index (χ2v) is 10.3. The smallest absolute Gasteiger partial charge is 0.253 e. The lowest BCUT2D eigenvalue weighted by atomic mass is 9.95. The summed E-state index contributed by atoms with van der Waals surface area (Å²) >= 11 is 0. The van der Waals surface area contributed by atoms with Gasteiger partial charge in [-0.2, -0.15) is 0 Å². The number of carbonyl (C=O) groups is 1. The largest absolute Gasteiger partial charge is 0.342 e. The number of nitrogens with zero attached hydrogens (tertiary/aromatic N) is 2. The molecule has 0 radical (unpaired) electrons. The van der Waals surface area contributed by atoms with Gasteiger partial charge in [0.25, 0.3) is 5.91 Å². The highest BCUT2D eigenvalue weighted by Gasteiger charge is 2.27. The number of hydrogen-bond acceptors (Lipinski definition) is 4. The maximum absolute atomic E-state index is 13.1. The fourth-order valence-corrected chi connectivity index (χ4v) is 5.42. The van der Waals surface area contributed by atoms with Crippen LogP contribution in [0.1, 0.15) is 40.5 Å². The van der Waals surface area contributed by atoms with E-state index in [4.69, 9.17) is 4.98 Å². The number of benzene rings is 3. The van der Waals surface area contributed by atoms with E-state index in [0.717, 1.165) is 35.3 Å². The van der Waals surface area contributed by atoms with Crippen LogP contribution in [-0.2, 0) is 16.6 Å². The van der Waals surface area contributed by atoms with E-state index in [1.165, 1.54) is 12.1 Å². The zero-order chi connectivity index (χ0) is 23.5. The van der Waals surface area contributed by atoms with Crippen molar-refractivity contribution in [2.24, 2.45) is 0 Å². The number of piperidine rings is 1. The normalized spacial score (nSPS) is 15.0. The van der Waals surface area contributed by atoms with E-state index in [0.29, 0.717) is 18.7 Å². The first-order valence-corrected chi connectivity index (χ1v) is 12.9. The van der Waals surface area contributed by atoms with E-state index < -0.39 is 10.0 Å². The van der Waals surface area contributed by atoms with Gasteiger partial charge in [0.05, 0.1) is 15.9 Å². The lowest BCUT2D eigenvalue weighted by molar-refractivity contribution is 0.0711. The third kappa shape index (κ3) is 4.73. The van der Waals surface area contributed by atoms with Crippen molar-refractivity contribution in [3.05, 3.63) is 95.8 Å². The molecule has 1 fully saturated rings. The lowest BCUT2D eigenvalue weighted by Crippen LogP contribution is -2.38. The predicted molar refractivity (Wildman–Crippen MR) is 131 cm³/mol. The van der Waals surface area contributed by atoms with Crippen molar-refractivity contribution in [2.45, 2.75) is 30.2 Å². The van der Waals surface area contributed by atoms with Gasteiger partial charge in [-0.15, -0.1) is 0 Å². The van der Waals surface area contributed by atoms with E-state index in [1.807, 2.05) is 54.6 Å². The summed E-state index contributed by atoms with van der Waals surface area (Å²) in [6.07, 6.45) is 1.62. The highest BCUT2D eigenvalue weighted by molar-refractivity contribution is 7.89. The molecule has 2 N–H and O–H groups in total.